The largest absolute Gasteiger partial charge is 0.349 e. The average molecular weight is 226 g/mol. The zero-order chi connectivity index (χ0) is 11.4. The Morgan fingerprint density at radius 3 is 2.53 bits per heavy atom. The van der Waals surface area contributed by atoms with Gasteiger partial charge in [0.05, 0.1) is 9.88 Å². The molecule has 0 aliphatic carbocycles. The third-order valence-electron chi connectivity index (χ3n) is 1.55. The van der Waals surface area contributed by atoms with E-state index in [1.165, 1.54) is 18.3 Å². The van der Waals surface area contributed by atoms with Crippen LogP contribution in [0.25, 0.3) is 0 Å². The Bertz CT molecular complexity index is 371. The quantitative estimate of drug-likeness (QED) is 0.826. The van der Waals surface area contributed by atoms with E-state index < -0.39 is 0 Å². The first-order valence-electron chi connectivity index (χ1n) is 4.67. The van der Waals surface area contributed by atoms with Crippen molar-refractivity contribution in [3.05, 3.63) is 17.0 Å². The second-order valence-electron chi connectivity index (χ2n) is 3.47. The van der Waals surface area contributed by atoms with Gasteiger partial charge in [0.2, 0.25) is 5.91 Å². The highest BCUT2D eigenvalue weighted by atomic mass is 32.1. The Kier molecular flexibility index (Phi) is 3.85. The monoisotopic (exact) mass is 226 g/mol. The Labute approximate surface area is 92.7 Å². The van der Waals surface area contributed by atoms with Gasteiger partial charge in [-0.25, -0.2) is 0 Å². The van der Waals surface area contributed by atoms with Crippen LogP contribution in [0.15, 0.2) is 12.1 Å². The molecular weight excluding hydrogens is 212 g/mol. The topological polar surface area (TPSA) is 58.2 Å². The number of carbonyl (C=O) groups is 2. The minimum atomic E-state index is -0.132. The van der Waals surface area contributed by atoms with Crippen LogP contribution in [0.4, 0.5) is 5.00 Å². The minimum absolute atomic E-state index is 0.105. The maximum Gasteiger partial charge on any atom is 0.261 e. The average Bonchev–Trinajstić information content (AvgIpc) is 2.50. The Morgan fingerprint density at radius 2 is 2.00 bits per heavy atom. The molecule has 0 aliphatic rings. The highest BCUT2D eigenvalue weighted by Gasteiger charge is 2.10. The van der Waals surface area contributed by atoms with Gasteiger partial charge in [-0.15, -0.1) is 11.3 Å². The standard InChI is InChI=1S/C10H14N2O2S/c1-6(2)11-10(14)8-4-5-9(15-8)12-7(3)13/h4-6H,1-3H3,(H,11,14)(H,12,13). The third-order valence-corrected chi connectivity index (χ3v) is 2.55. The maximum absolute atomic E-state index is 11.5. The van der Waals surface area contributed by atoms with Crippen LogP contribution in [0.2, 0.25) is 0 Å². The second-order valence-corrected chi connectivity index (χ2v) is 4.56. The van der Waals surface area contributed by atoms with E-state index in [1.807, 2.05) is 13.8 Å². The van der Waals surface area contributed by atoms with Crippen LogP contribution in [-0.2, 0) is 4.79 Å². The third kappa shape index (κ3) is 3.71. The van der Waals surface area contributed by atoms with Gasteiger partial charge in [-0.1, -0.05) is 0 Å². The molecule has 1 rings (SSSR count). The van der Waals surface area contributed by atoms with Crippen LogP contribution in [0, 0.1) is 0 Å². The fraction of sp³-hybridized carbons (Fsp3) is 0.400. The van der Waals surface area contributed by atoms with Crippen LogP contribution in [0.5, 0.6) is 0 Å². The summed E-state index contributed by atoms with van der Waals surface area (Å²) in [7, 11) is 0. The molecule has 2 N–H and O–H groups in total. The maximum atomic E-state index is 11.5. The van der Waals surface area contributed by atoms with Crippen molar-refractivity contribution in [2.75, 3.05) is 5.32 Å². The van der Waals surface area contributed by atoms with Gasteiger partial charge in [0.15, 0.2) is 0 Å². The van der Waals surface area contributed by atoms with Crippen LogP contribution in [0.1, 0.15) is 30.4 Å². The molecule has 0 aliphatic heterocycles. The molecule has 2 amide bonds. The molecule has 0 radical (unpaired) electrons. The molecule has 0 fully saturated rings. The number of hydrogen-bond acceptors (Lipinski definition) is 3. The number of hydrogen-bond donors (Lipinski definition) is 2. The molecule has 0 aromatic carbocycles. The molecule has 15 heavy (non-hydrogen) atoms. The Morgan fingerprint density at radius 1 is 1.33 bits per heavy atom. The van der Waals surface area contributed by atoms with Gasteiger partial charge in [-0.3, -0.25) is 9.59 Å². The fourth-order valence-corrected chi connectivity index (χ4v) is 1.89. The molecule has 0 atom stereocenters. The van der Waals surface area contributed by atoms with E-state index in [0.29, 0.717) is 9.88 Å². The molecule has 82 valence electrons. The highest BCUT2D eigenvalue weighted by Crippen LogP contribution is 2.21. The lowest BCUT2D eigenvalue weighted by atomic mass is 10.3. The summed E-state index contributed by atoms with van der Waals surface area (Å²) in [5, 5.41) is 6.11. The first kappa shape index (κ1) is 11.7. The zero-order valence-electron chi connectivity index (χ0n) is 8.96. The number of nitrogens with one attached hydrogen (secondary N) is 2. The second kappa shape index (κ2) is 4.93. The van der Waals surface area contributed by atoms with E-state index in [2.05, 4.69) is 10.6 Å². The predicted molar refractivity (Wildman–Crippen MR) is 61.2 cm³/mol. The molecule has 1 aromatic heterocycles. The zero-order valence-corrected chi connectivity index (χ0v) is 9.77. The van der Waals surface area contributed by atoms with E-state index >= 15 is 0 Å². The molecule has 1 aromatic rings. The van der Waals surface area contributed by atoms with Gasteiger partial charge >= 0.3 is 0 Å². The molecule has 5 heteroatoms. The molecule has 4 nitrogen and oxygen atoms in total. The number of anilines is 1. The fourth-order valence-electron chi connectivity index (χ4n) is 1.03. The smallest absolute Gasteiger partial charge is 0.261 e. The number of rotatable bonds is 3. The van der Waals surface area contributed by atoms with Crippen molar-refractivity contribution >= 4 is 28.2 Å². The van der Waals surface area contributed by atoms with Crippen molar-refractivity contribution in [3.8, 4) is 0 Å². The van der Waals surface area contributed by atoms with Crippen LogP contribution in [-0.4, -0.2) is 17.9 Å². The van der Waals surface area contributed by atoms with E-state index in [-0.39, 0.29) is 17.9 Å². The lowest BCUT2D eigenvalue weighted by molar-refractivity contribution is -0.114. The van der Waals surface area contributed by atoms with Gasteiger partial charge in [-0.05, 0) is 26.0 Å². The van der Waals surface area contributed by atoms with E-state index in [0.717, 1.165) is 0 Å². The van der Waals surface area contributed by atoms with Crippen molar-refractivity contribution < 1.29 is 9.59 Å². The van der Waals surface area contributed by atoms with Crippen LogP contribution in [0.3, 0.4) is 0 Å². The van der Waals surface area contributed by atoms with Gasteiger partial charge in [0.25, 0.3) is 5.91 Å². The summed E-state index contributed by atoms with van der Waals surface area (Å²) in [6, 6.07) is 3.54. The highest BCUT2D eigenvalue weighted by molar-refractivity contribution is 7.18. The van der Waals surface area contributed by atoms with Crippen LogP contribution >= 0.6 is 11.3 Å². The molecule has 0 saturated carbocycles. The molecule has 0 bridgehead atoms. The summed E-state index contributed by atoms with van der Waals surface area (Å²) in [6.07, 6.45) is 0. The molecule has 1 heterocycles. The van der Waals surface area contributed by atoms with Crippen molar-refractivity contribution in [2.45, 2.75) is 26.8 Å². The van der Waals surface area contributed by atoms with Crippen molar-refractivity contribution in [2.24, 2.45) is 0 Å². The summed E-state index contributed by atoms with van der Waals surface area (Å²) in [5.74, 6) is -0.237. The Hall–Kier alpha value is -1.36. The number of amides is 2. The van der Waals surface area contributed by atoms with E-state index in [1.54, 1.807) is 12.1 Å². The van der Waals surface area contributed by atoms with Crippen molar-refractivity contribution in [3.63, 3.8) is 0 Å². The van der Waals surface area contributed by atoms with Crippen molar-refractivity contribution in [1.29, 1.82) is 0 Å². The first-order valence-corrected chi connectivity index (χ1v) is 5.49. The summed E-state index contributed by atoms with van der Waals surface area (Å²) >= 11 is 1.27. The summed E-state index contributed by atoms with van der Waals surface area (Å²) in [5.41, 5.74) is 0. The van der Waals surface area contributed by atoms with E-state index in [4.69, 9.17) is 0 Å². The van der Waals surface area contributed by atoms with Crippen LogP contribution < -0.4 is 10.6 Å². The summed E-state index contributed by atoms with van der Waals surface area (Å²) in [6.45, 7) is 5.24. The van der Waals surface area contributed by atoms with E-state index in [9.17, 15) is 9.59 Å². The minimum Gasteiger partial charge on any atom is -0.349 e. The lowest BCUT2D eigenvalue weighted by Gasteiger charge is -2.05. The SMILES string of the molecule is CC(=O)Nc1ccc(C(=O)NC(C)C)s1. The Balaban J connectivity index is 2.67. The summed E-state index contributed by atoms with van der Waals surface area (Å²) < 4.78 is 0. The van der Waals surface area contributed by atoms with Gasteiger partial charge in [0, 0.05) is 13.0 Å². The van der Waals surface area contributed by atoms with Gasteiger partial charge in [0.1, 0.15) is 0 Å². The number of thiophene rings is 1. The normalized spacial score (nSPS) is 10.1. The molecule has 0 unspecified atom stereocenters. The predicted octanol–water partition coefficient (Wildman–Crippen LogP) is 1.84. The van der Waals surface area contributed by atoms with Gasteiger partial charge < -0.3 is 10.6 Å². The first-order chi connectivity index (χ1) is 6.99. The molecule has 0 saturated heterocycles. The van der Waals surface area contributed by atoms with Gasteiger partial charge in [-0.2, -0.15) is 0 Å². The van der Waals surface area contributed by atoms with Crippen molar-refractivity contribution in [1.82, 2.24) is 5.32 Å². The molecule has 0 spiro atoms. The molecular formula is C10H14N2O2S. The lowest BCUT2D eigenvalue weighted by Crippen LogP contribution is -2.29. The number of carbonyl (C=O) groups excluding carboxylic acids is 2. The summed E-state index contributed by atoms with van der Waals surface area (Å²) in [4.78, 5) is 22.9.